The number of benzene rings is 1. The normalized spacial score (nSPS) is 23.5. The lowest BCUT2D eigenvalue weighted by Crippen LogP contribution is -2.51. The number of hydrogen-bond donors (Lipinski definition) is 2. The predicted molar refractivity (Wildman–Crippen MR) is 121 cm³/mol. The molecule has 6 nitrogen and oxygen atoms in total. The molecule has 170 valence electrons. The van der Waals surface area contributed by atoms with Crippen LogP contribution in [0.15, 0.2) is 24.3 Å². The van der Waals surface area contributed by atoms with Crippen molar-refractivity contribution in [3.05, 3.63) is 29.8 Å². The first-order valence-electron chi connectivity index (χ1n) is 12.1. The molecule has 2 heterocycles. The highest BCUT2D eigenvalue weighted by atomic mass is 16.5. The number of aryl methyl sites for hydroxylation is 1. The highest BCUT2D eigenvalue weighted by Gasteiger charge is 2.41. The molecule has 1 aromatic carbocycles. The Morgan fingerprint density at radius 2 is 2.00 bits per heavy atom. The Morgan fingerprint density at radius 3 is 2.77 bits per heavy atom. The highest BCUT2D eigenvalue weighted by Crippen LogP contribution is 2.38. The average Bonchev–Trinajstić information content (AvgIpc) is 3.61. The van der Waals surface area contributed by atoms with Crippen LogP contribution in [-0.4, -0.2) is 55.5 Å². The van der Waals surface area contributed by atoms with Crippen molar-refractivity contribution < 1.29 is 14.3 Å². The lowest BCUT2D eigenvalue weighted by atomic mass is 9.73. The molecule has 1 unspecified atom stereocenters. The maximum Gasteiger partial charge on any atom is 0.234 e. The van der Waals surface area contributed by atoms with E-state index in [1.807, 2.05) is 12.1 Å². The maximum absolute atomic E-state index is 13.1. The van der Waals surface area contributed by atoms with Crippen LogP contribution in [0.3, 0.4) is 0 Å². The first-order valence-corrected chi connectivity index (χ1v) is 12.1. The van der Waals surface area contributed by atoms with Gasteiger partial charge in [0.15, 0.2) is 0 Å². The largest absolute Gasteiger partial charge is 0.491 e. The van der Waals surface area contributed by atoms with Crippen LogP contribution in [0.4, 0.5) is 0 Å². The van der Waals surface area contributed by atoms with Gasteiger partial charge in [0.25, 0.3) is 0 Å². The number of nitrogens with zero attached hydrogens (tertiary/aromatic N) is 1. The van der Waals surface area contributed by atoms with Gasteiger partial charge in [-0.3, -0.25) is 14.5 Å². The van der Waals surface area contributed by atoms with Crippen LogP contribution in [0.2, 0.25) is 0 Å². The minimum absolute atomic E-state index is 0.120. The van der Waals surface area contributed by atoms with E-state index in [2.05, 4.69) is 34.6 Å². The number of carbonyl (C=O) groups is 2. The quantitative estimate of drug-likeness (QED) is 0.775. The Morgan fingerprint density at radius 1 is 1.23 bits per heavy atom. The fourth-order valence-electron chi connectivity index (χ4n) is 5.09. The van der Waals surface area contributed by atoms with Gasteiger partial charge < -0.3 is 15.4 Å². The Hall–Kier alpha value is -2.08. The van der Waals surface area contributed by atoms with Gasteiger partial charge in [-0.15, -0.1) is 0 Å². The van der Waals surface area contributed by atoms with E-state index in [-0.39, 0.29) is 23.3 Å². The third kappa shape index (κ3) is 5.79. The van der Waals surface area contributed by atoms with Crippen molar-refractivity contribution in [3.63, 3.8) is 0 Å². The molecular weight excluding hydrogens is 390 g/mol. The van der Waals surface area contributed by atoms with Gasteiger partial charge in [0.2, 0.25) is 11.8 Å². The number of amides is 2. The number of likely N-dealkylation sites (tertiary alicyclic amines) is 1. The summed E-state index contributed by atoms with van der Waals surface area (Å²) in [4.78, 5) is 27.8. The molecule has 1 spiro atoms. The second-order valence-corrected chi connectivity index (χ2v) is 9.67. The van der Waals surface area contributed by atoms with E-state index in [0.717, 1.165) is 57.4 Å². The fraction of sp³-hybridized carbons (Fsp3) is 0.680. The van der Waals surface area contributed by atoms with Gasteiger partial charge in [-0.2, -0.15) is 0 Å². The lowest BCUT2D eigenvalue weighted by Gasteiger charge is -2.41. The number of carbonyl (C=O) groups excluding carboxylic acids is 2. The van der Waals surface area contributed by atoms with Gasteiger partial charge in [0.1, 0.15) is 12.4 Å². The van der Waals surface area contributed by atoms with Crippen molar-refractivity contribution in [1.29, 1.82) is 0 Å². The molecule has 1 saturated heterocycles. The molecule has 31 heavy (non-hydrogen) atoms. The number of para-hydroxylation sites is 1. The molecule has 6 heteroatoms. The molecule has 2 amide bonds. The Bertz CT molecular complexity index is 769. The molecule has 2 N–H and O–H groups in total. The van der Waals surface area contributed by atoms with E-state index in [0.29, 0.717) is 25.6 Å². The number of rotatable bonds is 4. The van der Waals surface area contributed by atoms with Crippen molar-refractivity contribution in [2.45, 2.75) is 64.3 Å². The topological polar surface area (TPSA) is 70.7 Å². The van der Waals surface area contributed by atoms with Crippen LogP contribution in [0.1, 0.15) is 57.4 Å². The summed E-state index contributed by atoms with van der Waals surface area (Å²) in [6, 6.07) is 8.51. The number of hydrogen-bond acceptors (Lipinski definition) is 4. The Balaban J connectivity index is 1.31. The van der Waals surface area contributed by atoms with E-state index in [1.165, 1.54) is 18.4 Å². The van der Waals surface area contributed by atoms with E-state index in [9.17, 15) is 9.59 Å². The summed E-state index contributed by atoms with van der Waals surface area (Å²) in [5.41, 5.74) is 0.942. The number of fused-ring (bicyclic) bond motifs is 1. The SMILES string of the molecule is CC(NC(=O)CN1CCC2(CCCCc3ccccc3OCCNC2=O)CC1)C1CC1. The minimum atomic E-state index is -0.313. The molecule has 2 aliphatic heterocycles. The number of ether oxygens (including phenoxy) is 1. The van der Waals surface area contributed by atoms with Crippen molar-refractivity contribution in [3.8, 4) is 5.75 Å². The first-order chi connectivity index (χ1) is 15.1. The molecule has 1 atom stereocenters. The van der Waals surface area contributed by atoms with E-state index < -0.39 is 0 Å². The lowest BCUT2D eigenvalue weighted by molar-refractivity contribution is -0.135. The summed E-state index contributed by atoms with van der Waals surface area (Å²) in [6.45, 7) is 5.18. The van der Waals surface area contributed by atoms with Gasteiger partial charge >= 0.3 is 0 Å². The molecule has 4 rings (SSSR count). The average molecular weight is 428 g/mol. The van der Waals surface area contributed by atoms with Crippen molar-refractivity contribution in [2.24, 2.45) is 11.3 Å². The Labute approximate surface area is 186 Å². The van der Waals surface area contributed by atoms with Gasteiger partial charge in [0.05, 0.1) is 18.5 Å². The van der Waals surface area contributed by atoms with Gasteiger partial charge in [-0.1, -0.05) is 24.6 Å². The van der Waals surface area contributed by atoms with E-state index >= 15 is 0 Å². The fourth-order valence-corrected chi connectivity index (χ4v) is 5.09. The summed E-state index contributed by atoms with van der Waals surface area (Å²) < 4.78 is 5.93. The standard InChI is InChI=1S/C25H37N3O3/c1-19(20-9-10-20)27-23(29)18-28-15-12-25(13-16-28)11-5-4-7-21-6-2-3-8-22(21)31-17-14-26-24(25)30/h2-3,6,8,19-20H,4-5,7,9-18H2,1H3,(H,26,30)(H,27,29). The number of nitrogens with one attached hydrogen (secondary N) is 2. The van der Waals surface area contributed by atoms with Crippen molar-refractivity contribution in [1.82, 2.24) is 15.5 Å². The molecule has 3 aliphatic rings. The minimum Gasteiger partial charge on any atom is -0.491 e. The third-order valence-corrected chi connectivity index (χ3v) is 7.35. The predicted octanol–water partition coefficient (Wildman–Crippen LogP) is 2.90. The van der Waals surface area contributed by atoms with Crippen molar-refractivity contribution in [2.75, 3.05) is 32.8 Å². The molecule has 1 aliphatic carbocycles. The van der Waals surface area contributed by atoms with Crippen LogP contribution in [-0.2, 0) is 16.0 Å². The zero-order valence-electron chi connectivity index (χ0n) is 18.8. The van der Waals surface area contributed by atoms with E-state index in [1.54, 1.807) is 0 Å². The first kappa shape index (κ1) is 22.1. The van der Waals surface area contributed by atoms with Crippen LogP contribution in [0, 0.1) is 11.3 Å². The summed E-state index contributed by atoms with van der Waals surface area (Å²) >= 11 is 0. The van der Waals surface area contributed by atoms with Crippen LogP contribution < -0.4 is 15.4 Å². The van der Waals surface area contributed by atoms with Crippen molar-refractivity contribution >= 4 is 11.8 Å². The van der Waals surface area contributed by atoms with Gasteiger partial charge in [0, 0.05) is 6.04 Å². The zero-order valence-corrected chi connectivity index (χ0v) is 18.8. The highest BCUT2D eigenvalue weighted by molar-refractivity contribution is 5.83. The third-order valence-electron chi connectivity index (χ3n) is 7.35. The molecule has 1 saturated carbocycles. The second kappa shape index (κ2) is 10.0. The van der Waals surface area contributed by atoms with Gasteiger partial charge in [-0.25, -0.2) is 0 Å². The summed E-state index contributed by atoms with van der Waals surface area (Å²) in [6.07, 6.45) is 8.10. The number of piperidine rings is 1. The van der Waals surface area contributed by atoms with E-state index in [4.69, 9.17) is 4.74 Å². The Kier molecular flexibility index (Phi) is 7.16. The molecule has 2 fully saturated rings. The molecular formula is C25H37N3O3. The molecule has 0 aromatic heterocycles. The smallest absolute Gasteiger partial charge is 0.234 e. The molecule has 0 radical (unpaired) electrons. The zero-order chi connectivity index (χ0) is 21.7. The molecule has 0 bridgehead atoms. The maximum atomic E-state index is 13.1. The van der Waals surface area contributed by atoms with Crippen LogP contribution in [0.25, 0.3) is 0 Å². The van der Waals surface area contributed by atoms with Gasteiger partial charge in [-0.05, 0) is 82.5 Å². The monoisotopic (exact) mass is 427 g/mol. The summed E-state index contributed by atoms with van der Waals surface area (Å²) in [5.74, 6) is 1.89. The molecule has 1 aromatic rings. The summed E-state index contributed by atoms with van der Waals surface area (Å²) in [7, 11) is 0. The second-order valence-electron chi connectivity index (χ2n) is 9.67. The van der Waals surface area contributed by atoms with Crippen LogP contribution >= 0.6 is 0 Å². The summed E-state index contributed by atoms with van der Waals surface area (Å²) in [5, 5.41) is 6.28. The van der Waals surface area contributed by atoms with Crippen LogP contribution in [0.5, 0.6) is 5.75 Å².